The van der Waals surface area contributed by atoms with E-state index in [-0.39, 0.29) is 24.1 Å². The predicted molar refractivity (Wildman–Crippen MR) is 113 cm³/mol. The lowest BCUT2D eigenvalue weighted by Crippen LogP contribution is -2.47. The van der Waals surface area contributed by atoms with Crippen LogP contribution in [-0.4, -0.2) is 75.6 Å². The molecule has 0 saturated carbocycles. The van der Waals surface area contributed by atoms with Crippen molar-refractivity contribution < 1.29 is 23.9 Å². The number of aromatic nitrogens is 2. The van der Waals surface area contributed by atoms with E-state index in [2.05, 4.69) is 10.4 Å². The number of nitrogens with one attached hydrogen (secondary N) is 1. The maximum Gasteiger partial charge on any atom is 0.410 e. The first-order valence-corrected chi connectivity index (χ1v) is 10.8. The van der Waals surface area contributed by atoms with Crippen molar-refractivity contribution in [3.05, 3.63) is 17.0 Å². The van der Waals surface area contributed by atoms with Crippen LogP contribution in [0.5, 0.6) is 0 Å². The number of hydrogen-bond acceptors (Lipinski definition) is 6. The molecule has 0 atom stereocenters. The van der Waals surface area contributed by atoms with Crippen LogP contribution >= 0.6 is 0 Å². The lowest BCUT2D eigenvalue weighted by Gasteiger charge is -2.32. The average molecular weight is 436 g/mol. The largest absolute Gasteiger partial charge is 0.450 e. The summed E-state index contributed by atoms with van der Waals surface area (Å²) in [5.74, 6) is -0.252. The molecule has 3 heterocycles. The third kappa shape index (κ3) is 5.48. The van der Waals surface area contributed by atoms with Crippen LogP contribution in [0.2, 0.25) is 0 Å². The average Bonchev–Trinajstić information content (AvgIpc) is 3.03. The normalized spacial score (nSPS) is 17.2. The van der Waals surface area contributed by atoms with Crippen LogP contribution < -0.4 is 5.32 Å². The van der Waals surface area contributed by atoms with Crippen molar-refractivity contribution in [1.82, 2.24) is 24.9 Å². The zero-order valence-corrected chi connectivity index (χ0v) is 19.1. The maximum absolute atomic E-state index is 13.0. The fourth-order valence-corrected chi connectivity index (χ4v) is 3.93. The standard InChI is InChI=1S/C21H33N5O5/c1-6-30-19(28)25-10-7-14(8-11-25)22-18(27)17-15-13-26(20(29)31-21(2,3)4)12-9-16(15)24(5)23-17/h14H,6-13H2,1-5H3,(H,22,27). The number of hydrogen-bond donors (Lipinski definition) is 1. The maximum atomic E-state index is 13.0. The van der Waals surface area contributed by atoms with Gasteiger partial charge in [-0.25, -0.2) is 9.59 Å². The second-order valence-electron chi connectivity index (χ2n) is 8.98. The van der Waals surface area contributed by atoms with Crippen molar-refractivity contribution in [1.29, 1.82) is 0 Å². The molecule has 172 valence electrons. The summed E-state index contributed by atoms with van der Waals surface area (Å²) in [7, 11) is 1.82. The molecule has 3 rings (SSSR count). The van der Waals surface area contributed by atoms with Crippen LogP contribution in [-0.2, 0) is 29.5 Å². The van der Waals surface area contributed by atoms with Gasteiger partial charge < -0.3 is 24.6 Å². The second-order valence-corrected chi connectivity index (χ2v) is 8.98. The molecule has 1 aromatic heterocycles. The van der Waals surface area contributed by atoms with Gasteiger partial charge in [0.2, 0.25) is 0 Å². The number of amides is 3. The molecule has 0 radical (unpaired) electrons. The SMILES string of the molecule is CCOC(=O)N1CCC(NC(=O)c2nn(C)c3c2CN(C(=O)OC(C)(C)C)CC3)CC1. The summed E-state index contributed by atoms with van der Waals surface area (Å²) in [6, 6.07) is -0.0404. The zero-order chi connectivity index (χ0) is 22.8. The Morgan fingerprint density at radius 2 is 1.77 bits per heavy atom. The Morgan fingerprint density at radius 1 is 1.10 bits per heavy atom. The highest BCUT2D eigenvalue weighted by molar-refractivity contribution is 5.94. The Balaban J connectivity index is 1.64. The molecular weight excluding hydrogens is 402 g/mol. The van der Waals surface area contributed by atoms with Gasteiger partial charge in [0.05, 0.1) is 13.2 Å². The zero-order valence-electron chi connectivity index (χ0n) is 19.1. The van der Waals surface area contributed by atoms with Crippen LogP contribution in [0.1, 0.15) is 62.3 Å². The van der Waals surface area contributed by atoms with Gasteiger partial charge in [0.15, 0.2) is 5.69 Å². The number of piperidine rings is 1. The number of carbonyl (C=O) groups is 3. The molecule has 10 nitrogen and oxygen atoms in total. The second kappa shape index (κ2) is 9.15. The van der Waals surface area contributed by atoms with Gasteiger partial charge in [-0.3, -0.25) is 9.48 Å². The minimum Gasteiger partial charge on any atom is -0.450 e. The van der Waals surface area contributed by atoms with Crippen LogP contribution in [0.15, 0.2) is 0 Å². The molecule has 1 fully saturated rings. The van der Waals surface area contributed by atoms with Gasteiger partial charge in [0.25, 0.3) is 5.91 Å². The first-order valence-electron chi connectivity index (χ1n) is 10.8. The lowest BCUT2D eigenvalue weighted by molar-refractivity contribution is 0.0221. The minimum atomic E-state index is -0.578. The van der Waals surface area contributed by atoms with Crippen molar-refractivity contribution >= 4 is 18.1 Å². The Labute approximate surface area is 182 Å². The van der Waals surface area contributed by atoms with Gasteiger partial charge in [0, 0.05) is 50.4 Å². The Kier molecular flexibility index (Phi) is 6.76. The first-order chi connectivity index (χ1) is 14.6. The van der Waals surface area contributed by atoms with Crippen molar-refractivity contribution in [3.63, 3.8) is 0 Å². The smallest absolute Gasteiger partial charge is 0.410 e. The summed E-state index contributed by atoms with van der Waals surface area (Å²) >= 11 is 0. The highest BCUT2D eigenvalue weighted by atomic mass is 16.6. The number of rotatable bonds is 3. The number of ether oxygens (including phenoxy) is 2. The minimum absolute atomic E-state index is 0.0404. The molecular formula is C21H33N5O5. The van der Waals surface area contributed by atoms with E-state index in [0.717, 1.165) is 11.3 Å². The summed E-state index contributed by atoms with van der Waals surface area (Å²) in [5, 5.41) is 7.48. The van der Waals surface area contributed by atoms with E-state index in [1.165, 1.54) is 0 Å². The predicted octanol–water partition coefficient (Wildman–Crippen LogP) is 2.06. The molecule has 0 unspecified atom stereocenters. The summed E-state index contributed by atoms with van der Waals surface area (Å²) < 4.78 is 12.2. The molecule has 0 spiro atoms. The number of carbonyl (C=O) groups excluding carboxylic acids is 3. The third-order valence-electron chi connectivity index (χ3n) is 5.47. The molecule has 0 aliphatic carbocycles. The van der Waals surface area contributed by atoms with E-state index in [0.29, 0.717) is 57.7 Å². The molecule has 2 aliphatic heterocycles. The van der Waals surface area contributed by atoms with Crippen molar-refractivity contribution in [2.75, 3.05) is 26.2 Å². The van der Waals surface area contributed by atoms with Gasteiger partial charge >= 0.3 is 12.2 Å². The Morgan fingerprint density at radius 3 is 2.39 bits per heavy atom. The molecule has 1 N–H and O–H groups in total. The highest BCUT2D eigenvalue weighted by Crippen LogP contribution is 2.24. The molecule has 1 aromatic rings. The van der Waals surface area contributed by atoms with Gasteiger partial charge in [0.1, 0.15) is 5.60 Å². The number of fused-ring (bicyclic) bond motifs is 1. The topological polar surface area (TPSA) is 106 Å². The number of nitrogens with zero attached hydrogens (tertiary/aromatic N) is 4. The Bertz CT molecular complexity index is 836. The summed E-state index contributed by atoms with van der Waals surface area (Å²) in [6.45, 7) is 9.51. The van der Waals surface area contributed by atoms with Crippen LogP contribution in [0.3, 0.4) is 0 Å². The highest BCUT2D eigenvalue weighted by Gasteiger charge is 2.32. The third-order valence-corrected chi connectivity index (χ3v) is 5.47. The summed E-state index contributed by atoms with van der Waals surface area (Å²) in [4.78, 5) is 40.6. The van der Waals surface area contributed by atoms with Crippen molar-refractivity contribution in [2.45, 2.75) is 65.1 Å². The van der Waals surface area contributed by atoms with Crippen molar-refractivity contribution in [2.24, 2.45) is 7.05 Å². The fraction of sp³-hybridized carbons (Fsp3) is 0.714. The van der Waals surface area contributed by atoms with E-state index in [4.69, 9.17) is 9.47 Å². The van der Waals surface area contributed by atoms with Gasteiger partial charge in [-0.05, 0) is 40.5 Å². The summed E-state index contributed by atoms with van der Waals surface area (Å²) in [6.07, 6.45) is 1.23. The number of aryl methyl sites for hydroxylation is 1. The molecule has 0 aromatic carbocycles. The van der Waals surface area contributed by atoms with Crippen LogP contribution in [0.25, 0.3) is 0 Å². The molecule has 10 heteroatoms. The van der Waals surface area contributed by atoms with E-state index >= 15 is 0 Å². The lowest BCUT2D eigenvalue weighted by atomic mass is 10.0. The number of likely N-dealkylation sites (tertiary alicyclic amines) is 1. The van der Waals surface area contributed by atoms with E-state index < -0.39 is 5.60 Å². The Hall–Kier alpha value is -2.78. The molecule has 1 saturated heterocycles. The monoisotopic (exact) mass is 435 g/mol. The van der Waals surface area contributed by atoms with Gasteiger partial charge in [-0.1, -0.05) is 0 Å². The molecule has 2 aliphatic rings. The fourth-order valence-electron chi connectivity index (χ4n) is 3.93. The summed E-state index contributed by atoms with van der Waals surface area (Å²) in [5.41, 5.74) is 1.49. The van der Waals surface area contributed by atoms with Crippen LogP contribution in [0, 0.1) is 0 Å². The molecule has 3 amide bonds. The molecule has 0 bridgehead atoms. The first kappa shape index (κ1) is 22.9. The van der Waals surface area contributed by atoms with E-state index in [9.17, 15) is 14.4 Å². The molecule has 31 heavy (non-hydrogen) atoms. The van der Waals surface area contributed by atoms with E-state index in [1.807, 2.05) is 27.8 Å². The van der Waals surface area contributed by atoms with Crippen molar-refractivity contribution in [3.8, 4) is 0 Å². The van der Waals surface area contributed by atoms with Gasteiger partial charge in [-0.15, -0.1) is 0 Å². The van der Waals surface area contributed by atoms with E-state index in [1.54, 1.807) is 21.4 Å². The van der Waals surface area contributed by atoms with Gasteiger partial charge in [-0.2, -0.15) is 5.10 Å². The van der Waals surface area contributed by atoms with Crippen LogP contribution in [0.4, 0.5) is 9.59 Å². The quantitative estimate of drug-likeness (QED) is 0.779.